The molecule has 0 bridgehead atoms. The molecular weight excluding hydrogens is 398 g/mol. The molecular formula is C24H35NO6. The summed E-state index contributed by atoms with van der Waals surface area (Å²) in [5, 5.41) is 11.7. The first-order chi connectivity index (χ1) is 15.2. The van der Waals surface area contributed by atoms with E-state index in [2.05, 4.69) is 17.4 Å². The van der Waals surface area contributed by atoms with Gasteiger partial charge in [0.1, 0.15) is 0 Å². The van der Waals surface area contributed by atoms with Crippen LogP contribution in [0.2, 0.25) is 0 Å². The van der Waals surface area contributed by atoms with Gasteiger partial charge in [-0.2, -0.15) is 0 Å². The van der Waals surface area contributed by atoms with E-state index in [0.717, 1.165) is 12.0 Å². The van der Waals surface area contributed by atoms with Gasteiger partial charge in [-0.1, -0.05) is 30.3 Å². The third-order valence-corrected chi connectivity index (χ3v) is 5.58. The van der Waals surface area contributed by atoms with Crippen LogP contribution in [0, 0.1) is 11.8 Å². The molecule has 1 aromatic carbocycles. The first kappa shape index (κ1) is 23.7. The highest BCUT2D eigenvalue weighted by Gasteiger charge is 2.38. The maximum absolute atomic E-state index is 12.7. The molecule has 3 atom stereocenters. The van der Waals surface area contributed by atoms with Gasteiger partial charge in [0.05, 0.1) is 26.4 Å². The Morgan fingerprint density at radius 1 is 1.13 bits per heavy atom. The van der Waals surface area contributed by atoms with E-state index < -0.39 is 6.29 Å². The second-order valence-corrected chi connectivity index (χ2v) is 7.96. The second kappa shape index (κ2) is 12.8. The highest BCUT2D eigenvalue weighted by Crippen LogP contribution is 2.38. The zero-order chi connectivity index (χ0) is 21.9. The molecule has 172 valence electrons. The van der Waals surface area contributed by atoms with Crippen molar-refractivity contribution in [2.75, 3.05) is 46.2 Å². The fourth-order valence-electron chi connectivity index (χ4n) is 3.75. The lowest BCUT2D eigenvalue weighted by atomic mass is 9.81. The lowest BCUT2D eigenvalue weighted by Crippen LogP contribution is -2.39. The number of hydrogen-bond acceptors (Lipinski definition) is 6. The van der Waals surface area contributed by atoms with Gasteiger partial charge in [0.15, 0.2) is 5.76 Å². The Labute approximate surface area is 184 Å². The molecule has 0 unspecified atom stereocenters. The predicted molar refractivity (Wildman–Crippen MR) is 116 cm³/mol. The van der Waals surface area contributed by atoms with Gasteiger partial charge in [-0.05, 0) is 43.7 Å². The first-order valence-electron chi connectivity index (χ1n) is 11.3. The quantitative estimate of drug-likeness (QED) is 0.439. The van der Waals surface area contributed by atoms with Crippen molar-refractivity contribution in [3.8, 4) is 0 Å². The molecule has 0 aromatic heterocycles. The predicted octanol–water partition coefficient (Wildman–Crippen LogP) is 2.60. The summed E-state index contributed by atoms with van der Waals surface area (Å²) in [6, 6.07) is 10.2. The fourth-order valence-corrected chi connectivity index (χ4v) is 3.75. The van der Waals surface area contributed by atoms with Crippen LogP contribution in [0.4, 0.5) is 0 Å². The van der Waals surface area contributed by atoms with Crippen molar-refractivity contribution in [3.05, 3.63) is 47.7 Å². The standard InChI is InChI=1S/C24H35NO6/c1-2-30-24-20(10-12-28-14-15-29-13-11-26)21(19-6-4-3-5-7-19)16-22(31-24)23(27)25-17-18-8-9-18/h3-7,16,18,20-21,24,26H,2,8-15,17H2,1H3,(H,25,27)/t20-,21-,24-/m1/s1. The van der Waals surface area contributed by atoms with E-state index in [4.69, 9.17) is 24.1 Å². The minimum Gasteiger partial charge on any atom is -0.459 e. The summed E-state index contributed by atoms with van der Waals surface area (Å²) in [6.07, 6.45) is 4.50. The Hall–Kier alpha value is -1.93. The average molecular weight is 434 g/mol. The normalized spacial score (nSPS) is 23.2. The summed E-state index contributed by atoms with van der Waals surface area (Å²) < 4.78 is 22.9. The highest BCUT2D eigenvalue weighted by atomic mass is 16.7. The molecule has 1 amide bonds. The molecule has 1 aromatic rings. The Kier molecular flexibility index (Phi) is 9.81. The van der Waals surface area contributed by atoms with E-state index in [1.54, 1.807) is 0 Å². The van der Waals surface area contributed by atoms with Crippen molar-refractivity contribution < 1.29 is 28.8 Å². The van der Waals surface area contributed by atoms with E-state index in [1.807, 2.05) is 31.2 Å². The van der Waals surface area contributed by atoms with Gasteiger partial charge in [-0.15, -0.1) is 0 Å². The number of carbonyl (C=O) groups excluding carboxylic acids is 1. The first-order valence-corrected chi connectivity index (χ1v) is 11.3. The van der Waals surface area contributed by atoms with Gasteiger partial charge < -0.3 is 29.4 Å². The largest absolute Gasteiger partial charge is 0.459 e. The molecule has 2 aliphatic rings. The van der Waals surface area contributed by atoms with Crippen LogP contribution < -0.4 is 5.32 Å². The number of aliphatic hydroxyl groups is 1. The van der Waals surface area contributed by atoms with Crippen molar-refractivity contribution in [3.63, 3.8) is 0 Å². The van der Waals surface area contributed by atoms with Gasteiger partial charge in [-0.25, -0.2) is 0 Å². The molecule has 7 nitrogen and oxygen atoms in total. The minimum atomic E-state index is -0.517. The second-order valence-electron chi connectivity index (χ2n) is 7.96. The minimum absolute atomic E-state index is 0.0110. The third kappa shape index (κ3) is 7.61. The number of allylic oxidation sites excluding steroid dienone is 1. The SMILES string of the molecule is CCO[C@@H]1OC(C(=O)NCC2CC2)=C[C@H](c2ccccc2)[C@H]1CCOCCOCCO. The molecule has 31 heavy (non-hydrogen) atoms. The smallest absolute Gasteiger partial charge is 0.286 e. The molecule has 1 saturated carbocycles. The number of nitrogens with one attached hydrogen (secondary N) is 1. The number of benzene rings is 1. The van der Waals surface area contributed by atoms with E-state index in [9.17, 15) is 4.79 Å². The van der Waals surface area contributed by atoms with Crippen molar-refractivity contribution in [2.45, 2.75) is 38.4 Å². The third-order valence-electron chi connectivity index (χ3n) is 5.58. The van der Waals surface area contributed by atoms with Gasteiger partial charge >= 0.3 is 0 Å². The number of carbonyl (C=O) groups is 1. The van der Waals surface area contributed by atoms with Crippen LogP contribution in [0.5, 0.6) is 0 Å². The maximum atomic E-state index is 12.7. The van der Waals surface area contributed by atoms with E-state index in [-0.39, 0.29) is 24.3 Å². The molecule has 0 radical (unpaired) electrons. The molecule has 1 fully saturated rings. The zero-order valence-electron chi connectivity index (χ0n) is 18.3. The monoisotopic (exact) mass is 433 g/mol. The van der Waals surface area contributed by atoms with Crippen LogP contribution in [0.15, 0.2) is 42.2 Å². The Balaban J connectivity index is 1.68. The molecule has 0 saturated heterocycles. The van der Waals surface area contributed by atoms with Crippen molar-refractivity contribution in [1.82, 2.24) is 5.32 Å². The lowest BCUT2D eigenvalue weighted by Gasteiger charge is -2.37. The van der Waals surface area contributed by atoms with Crippen LogP contribution >= 0.6 is 0 Å². The number of aliphatic hydroxyl groups excluding tert-OH is 1. The summed E-state index contributed by atoms with van der Waals surface area (Å²) in [7, 11) is 0. The van der Waals surface area contributed by atoms with Crippen molar-refractivity contribution in [1.29, 1.82) is 0 Å². The van der Waals surface area contributed by atoms with Crippen LogP contribution in [0.1, 0.15) is 37.7 Å². The topological polar surface area (TPSA) is 86.3 Å². The summed E-state index contributed by atoms with van der Waals surface area (Å²) in [5.41, 5.74) is 1.12. The van der Waals surface area contributed by atoms with E-state index >= 15 is 0 Å². The Morgan fingerprint density at radius 2 is 1.87 bits per heavy atom. The van der Waals surface area contributed by atoms with Crippen molar-refractivity contribution >= 4 is 5.91 Å². The average Bonchev–Trinajstić information content (AvgIpc) is 3.62. The fraction of sp³-hybridized carbons (Fsp3) is 0.625. The molecule has 7 heteroatoms. The molecule has 1 aliphatic carbocycles. The summed E-state index contributed by atoms with van der Waals surface area (Å²) in [5.74, 6) is 0.769. The lowest BCUT2D eigenvalue weighted by molar-refractivity contribution is -0.168. The summed E-state index contributed by atoms with van der Waals surface area (Å²) >= 11 is 0. The summed E-state index contributed by atoms with van der Waals surface area (Å²) in [4.78, 5) is 12.7. The maximum Gasteiger partial charge on any atom is 0.286 e. The van der Waals surface area contributed by atoms with Crippen LogP contribution in [0.25, 0.3) is 0 Å². The number of ether oxygens (including phenoxy) is 4. The van der Waals surface area contributed by atoms with Crippen molar-refractivity contribution in [2.24, 2.45) is 11.8 Å². The Bertz CT molecular complexity index is 691. The number of rotatable bonds is 14. The van der Waals surface area contributed by atoms with E-state index in [1.165, 1.54) is 12.8 Å². The highest BCUT2D eigenvalue weighted by molar-refractivity contribution is 5.91. The van der Waals surface area contributed by atoms with Gasteiger partial charge in [0.25, 0.3) is 5.91 Å². The van der Waals surface area contributed by atoms with Gasteiger partial charge in [0, 0.05) is 31.6 Å². The van der Waals surface area contributed by atoms with Crippen LogP contribution in [-0.4, -0.2) is 63.5 Å². The molecule has 0 spiro atoms. The van der Waals surface area contributed by atoms with Gasteiger partial charge in [-0.3, -0.25) is 4.79 Å². The zero-order valence-corrected chi connectivity index (χ0v) is 18.3. The molecule has 1 aliphatic heterocycles. The number of amides is 1. The van der Waals surface area contributed by atoms with Gasteiger partial charge in [0.2, 0.25) is 6.29 Å². The molecule has 2 N–H and O–H groups in total. The summed E-state index contributed by atoms with van der Waals surface area (Å²) in [6.45, 7) is 4.89. The Morgan fingerprint density at radius 3 is 2.55 bits per heavy atom. The molecule has 3 rings (SSSR count). The van der Waals surface area contributed by atoms with Crippen LogP contribution in [-0.2, 0) is 23.7 Å². The van der Waals surface area contributed by atoms with Crippen LogP contribution in [0.3, 0.4) is 0 Å². The number of hydrogen-bond donors (Lipinski definition) is 2. The van der Waals surface area contributed by atoms with E-state index in [0.29, 0.717) is 51.3 Å². The molecule has 1 heterocycles.